The first-order chi connectivity index (χ1) is 11.9. The maximum Gasteiger partial charge on any atom is 0.194 e. The third kappa shape index (κ3) is 6.03. The molecule has 0 aromatic heterocycles. The summed E-state index contributed by atoms with van der Waals surface area (Å²) in [7, 11) is -0.855. The van der Waals surface area contributed by atoms with Gasteiger partial charge in [-0.3, -0.25) is 9.20 Å². The van der Waals surface area contributed by atoms with E-state index in [1.807, 2.05) is 20.8 Å². The predicted octanol–water partition coefficient (Wildman–Crippen LogP) is 2.32. The predicted molar refractivity (Wildman–Crippen MR) is 109 cm³/mol. The van der Waals surface area contributed by atoms with Crippen molar-refractivity contribution in [3.05, 3.63) is 30.3 Å². The van der Waals surface area contributed by atoms with Crippen LogP contribution in [0.25, 0.3) is 0 Å². The van der Waals surface area contributed by atoms with Crippen molar-refractivity contribution in [3.8, 4) is 0 Å². The Balaban J connectivity index is 1.90. The molecule has 1 fully saturated rings. The highest BCUT2D eigenvalue weighted by molar-refractivity contribution is 7.86. The highest BCUT2D eigenvalue weighted by Gasteiger charge is 2.21. The lowest BCUT2D eigenvalue weighted by Crippen LogP contribution is -2.52. The van der Waals surface area contributed by atoms with E-state index in [-0.39, 0.29) is 4.75 Å². The van der Waals surface area contributed by atoms with Gasteiger partial charge >= 0.3 is 0 Å². The van der Waals surface area contributed by atoms with Crippen molar-refractivity contribution >= 4 is 22.4 Å². The Bertz CT molecular complexity index is 575. The van der Waals surface area contributed by atoms with Crippen molar-refractivity contribution in [2.45, 2.75) is 32.4 Å². The van der Waals surface area contributed by atoms with Crippen LogP contribution in [0.5, 0.6) is 0 Å². The Morgan fingerprint density at radius 3 is 2.36 bits per heavy atom. The van der Waals surface area contributed by atoms with Crippen molar-refractivity contribution in [1.29, 1.82) is 0 Å². The van der Waals surface area contributed by atoms with E-state index in [0.29, 0.717) is 12.3 Å². The van der Waals surface area contributed by atoms with Gasteiger partial charge in [0, 0.05) is 59.7 Å². The molecule has 0 amide bonds. The minimum atomic E-state index is -0.855. The second kappa shape index (κ2) is 9.22. The lowest BCUT2D eigenvalue weighted by atomic mass is 10.2. The number of hydrogen-bond donors (Lipinski definition) is 1. The lowest BCUT2D eigenvalue weighted by Gasteiger charge is -2.37. The zero-order valence-corrected chi connectivity index (χ0v) is 16.8. The number of rotatable bonds is 5. The molecule has 1 atom stereocenters. The molecule has 0 radical (unpaired) electrons. The van der Waals surface area contributed by atoms with E-state index in [4.69, 9.17) is 4.99 Å². The van der Waals surface area contributed by atoms with E-state index < -0.39 is 10.8 Å². The SMILES string of the molecule is CCNC(=NCCS(=O)C(C)(C)C)N1CCN(c2ccccc2)CC1. The van der Waals surface area contributed by atoms with Crippen LogP contribution in [0.15, 0.2) is 35.3 Å². The first kappa shape index (κ1) is 19.8. The maximum atomic E-state index is 12.2. The second-order valence-electron chi connectivity index (χ2n) is 7.21. The van der Waals surface area contributed by atoms with Crippen LogP contribution in [0.3, 0.4) is 0 Å². The number of benzene rings is 1. The molecule has 0 spiro atoms. The van der Waals surface area contributed by atoms with E-state index in [2.05, 4.69) is 52.4 Å². The number of nitrogens with zero attached hydrogens (tertiary/aromatic N) is 3. The Morgan fingerprint density at radius 2 is 1.80 bits per heavy atom. The van der Waals surface area contributed by atoms with E-state index in [9.17, 15) is 4.21 Å². The molecule has 1 heterocycles. The van der Waals surface area contributed by atoms with Crippen LogP contribution >= 0.6 is 0 Å². The zero-order chi connectivity index (χ0) is 18.3. The molecule has 1 N–H and O–H groups in total. The molecule has 1 unspecified atom stereocenters. The van der Waals surface area contributed by atoms with Gasteiger partial charge in [0.1, 0.15) is 0 Å². The van der Waals surface area contributed by atoms with Crippen LogP contribution in [-0.4, -0.2) is 64.8 Å². The normalized spacial score (nSPS) is 17.5. The molecule has 6 heteroatoms. The van der Waals surface area contributed by atoms with Gasteiger partial charge in [-0.2, -0.15) is 0 Å². The summed E-state index contributed by atoms with van der Waals surface area (Å²) in [6, 6.07) is 10.6. The quantitative estimate of drug-likeness (QED) is 0.643. The molecule has 1 aromatic carbocycles. The summed E-state index contributed by atoms with van der Waals surface area (Å²) in [5, 5.41) is 3.38. The number of hydrogen-bond acceptors (Lipinski definition) is 3. The molecule has 0 bridgehead atoms. The Hall–Kier alpha value is -1.56. The fourth-order valence-electron chi connectivity index (χ4n) is 2.78. The van der Waals surface area contributed by atoms with E-state index in [0.717, 1.165) is 38.7 Å². The largest absolute Gasteiger partial charge is 0.368 e. The molecule has 1 saturated heterocycles. The van der Waals surface area contributed by atoms with Gasteiger partial charge in [0.15, 0.2) is 5.96 Å². The van der Waals surface area contributed by atoms with Crippen LogP contribution in [0.1, 0.15) is 27.7 Å². The van der Waals surface area contributed by atoms with E-state index >= 15 is 0 Å². The fourth-order valence-corrected chi connectivity index (χ4v) is 3.65. The number of nitrogens with one attached hydrogen (secondary N) is 1. The van der Waals surface area contributed by atoms with E-state index in [1.54, 1.807) is 0 Å². The summed E-state index contributed by atoms with van der Waals surface area (Å²) in [5.41, 5.74) is 1.28. The van der Waals surface area contributed by atoms with E-state index in [1.165, 1.54) is 5.69 Å². The minimum absolute atomic E-state index is 0.171. The molecule has 1 aliphatic heterocycles. The molecular formula is C19H32N4OS. The van der Waals surface area contributed by atoms with Gasteiger partial charge in [-0.25, -0.2) is 0 Å². The number of aliphatic imine (C=N–C) groups is 1. The first-order valence-electron chi connectivity index (χ1n) is 9.13. The molecule has 25 heavy (non-hydrogen) atoms. The average Bonchev–Trinajstić information content (AvgIpc) is 2.61. The van der Waals surface area contributed by atoms with Crippen LogP contribution < -0.4 is 10.2 Å². The summed E-state index contributed by atoms with van der Waals surface area (Å²) in [6.07, 6.45) is 0. The second-order valence-corrected chi connectivity index (χ2v) is 9.53. The first-order valence-corrected chi connectivity index (χ1v) is 10.5. The Kier molecular flexibility index (Phi) is 7.29. The van der Waals surface area contributed by atoms with Gasteiger partial charge in [-0.15, -0.1) is 0 Å². The van der Waals surface area contributed by atoms with Gasteiger partial charge < -0.3 is 15.1 Å². The lowest BCUT2D eigenvalue weighted by molar-refractivity contribution is 0.373. The molecular weight excluding hydrogens is 332 g/mol. The van der Waals surface area contributed by atoms with Crippen LogP contribution in [0.2, 0.25) is 0 Å². The van der Waals surface area contributed by atoms with Gasteiger partial charge in [-0.05, 0) is 39.8 Å². The molecule has 1 aromatic rings. The molecule has 140 valence electrons. The minimum Gasteiger partial charge on any atom is -0.368 e. The summed E-state index contributed by atoms with van der Waals surface area (Å²) in [6.45, 7) is 13.5. The molecule has 0 aliphatic carbocycles. The summed E-state index contributed by atoms with van der Waals surface area (Å²) in [4.78, 5) is 9.43. The van der Waals surface area contributed by atoms with Crippen LogP contribution in [0, 0.1) is 0 Å². The van der Waals surface area contributed by atoms with Crippen molar-refractivity contribution in [2.75, 3.05) is 49.9 Å². The van der Waals surface area contributed by atoms with Crippen molar-refractivity contribution in [3.63, 3.8) is 0 Å². The molecule has 5 nitrogen and oxygen atoms in total. The zero-order valence-electron chi connectivity index (χ0n) is 16.0. The topological polar surface area (TPSA) is 47.9 Å². The smallest absolute Gasteiger partial charge is 0.194 e. The standard InChI is InChI=1S/C19H32N4OS/c1-5-20-18(21-11-16-25(24)19(2,3)4)23-14-12-22(13-15-23)17-9-7-6-8-10-17/h6-10H,5,11-16H2,1-4H3,(H,20,21). The molecule has 1 aliphatic rings. The Morgan fingerprint density at radius 1 is 1.16 bits per heavy atom. The summed E-state index contributed by atoms with van der Waals surface area (Å²) >= 11 is 0. The highest BCUT2D eigenvalue weighted by atomic mass is 32.2. The number of guanidine groups is 1. The third-order valence-corrected chi connectivity index (χ3v) is 6.18. The monoisotopic (exact) mass is 364 g/mol. The van der Waals surface area contributed by atoms with Gasteiger partial charge in [0.25, 0.3) is 0 Å². The van der Waals surface area contributed by atoms with Gasteiger partial charge in [-0.1, -0.05) is 18.2 Å². The van der Waals surface area contributed by atoms with Gasteiger partial charge in [0.2, 0.25) is 0 Å². The molecule has 0 saturated carbocycles. The van der Waals surface area contributed by atoms with Gasteiger partial charge in [0.05, 0.1) is 6.54 Å². The summed E-state index contributed by atoms with van der Waals surface area (Å²) < 4.78 is 12.0. The Labute approximate surface area is 155 Å². The summed E-state index contributed by atoms with van der Waals surface area (Å²) in [5.74, 6) is 1.56. The van der Waals surface area contributed by atoms with Crippen molar-refractivity contribution < 1.29 is 4.21 Å². The van der Waals surface area contributed by atoms with Crippen LogP contribution in [-0.2, 0) is 10.8 Å². The number of para-hydroxylation sites is 1. The fraction of sp³-hybridized carbons (Fsp3) is 0.632. The maximum absolute atomic E-state index is 12.2. The highest BCUT2D eigenvalue weighted by Crippen LogP contribution is 2.15. The number of piperazine rings is 1. The third-order valence-electron chi connectivity index (χ3n) is 4.26. The molecule has 2 rings (SSSR count). The average molecular weight is 365 g/mol. The number of anilines is 1. The van der Waals surface area contributed by atoms with Crippen LogP contribution in [0.4, 0.5) is 5.69 Å². The van der Waals surface area contributed by atoms with Crippen molar-refractivity contribution in [1.82, 2.24) is 10.2 Å². The van der Waals surface area contributed by atoms with Crippen molar-refractivity contribution in [2.24, 2.45) is 4.99 Å².